The number of aliphatic hydroxyl groups is 1. The highest BCUT2D eigenvalue weighted by molar-refractivity contribution is 9.10. The maximum absolute atomic E-state index is 12.0. The Morgan fingerprint density at radius 2 is 2.05 bits per heavy atom. The molecule has 1 amide bonds. The molecule has 0 spiro atoms. The van der Waals surface area contributed by atoms with Crippen LogP contribution in [-0.2, 0) is 0 Å². The Balaban J connectivity index is 1.85. The van der Waals surface area contributed by atoms with Crippen LogP contribution >= 0.6 is 27.5 Å². The zero-order valence-corrected chi connectivity index (χ0v) is 12.9. The molecule has 1 aliphatic rings. The van der Waals surface area contributed by atoms with E-state index in [0.29, 0.717) is 23.0 Å². The maximum Gasteiger partial charge on any atom is 0.251 e. The number of benzene rings is 1. The molecule has 1 aromatic carbocycles. The van der Waals surface area contributed by atoms with Gasteiger partial charge in [0.1, 0.15) is 0 Å². The van der Waals surface area contributed by atoms with Gasteiger partial charge in [0.05, 0.1) is 11.1 Å². The summed E-state index contributed by atoms with van der Waals surface area (Å²) in [7, 11) is 0. The zero-order valence-electron chi connectivity index (χ0n) is 10.5. The van der Waals surface area contributed by atoms with Crippen LogP contribution in [0, 0.1) is 5.92 Å². The molecule has 0 atom stereocenters. The van der Waals surface area contributed by atoms with Gasteiger partial charge in [0.15, 0.2) is 0 Å². The minimum absolute atomic E-state index is 0.0967. The van der Waals surface area contributed by atoms with Gasteiger partial charge in [-0.25, -0.2) is 0 Å². The highest BCUT2D eigenvalue weighted by Gasteiger charge is 2.20. The fourth-order valence-electron chi connectivity index (χ4n) is 2.33. The van der Waals surface area contributed by atoms with Gasteiger partial charge in [-0.2, -0.15) is 0 Å². The number of amides is 1. The third-order valence-electron chi connectivity index (χ3n) is 3.55. The van der Waals surface area contributed by atoms with E-state index in [4.69, 9.17) is 11.6 Å². The van der Waals surface area contributed by atoms with Crippen LogP contribution in [0.15, 0.2) is 22.7 Å². The molecule has 3 nitrogen and oxygen atoms in total. The first kappa shape index (κ1) is 14.8. The summed E-state index contributed by atoms with van der Waals surface area (Å²) in [6.07, 6.45) is 3.47. The third-order valence-corrected chi connectivity index (χ3v) is 4.78. The molecule has 0 bridgehead atoms. The van der Waals surface area contributed by atoms with Crippen LogP contribution < -0.4 is 5.32 Å². The quantitative estimate of drug-likeness (QED) is 0.881. The van der Waals surface area contributed by atoms with Gasteiger partial charge >= 0.3 is 0 Å². The molecule has 2 N–H and O–H groups in total. The molecule has 0 radical (unpaired) electrons. The number of nitrogens with one attached hydrogen (secondary N) is 1. The molecular weight excluding hydrogens is 330 g/mol. The van der Waals surface area contributed by atoms with Crippen LogP contribution in [0.3, 0.4) is 0 Å². The first-order valence-electron chi connectivity index (χ1n) is 6.47. The number of carbonyl (C=O) groups excluding carboxylic acids is 1. The molecule has 104 valence electrons. The number of rotatable bonds is 3. The molecule has 1 saturated carbocycles. The Kier molecular flexibility index (Phi) is 5.25. The summed E-state index contributed by atoms with van der Waals surface area (Å²) in [5, 5.41) is 12.9. The summed E-state index contributed by atoms with van der Waals surface area (Å²) in [6, 6.07) is 5.18. The van der Waals surface area contributed by atoms with E-state index in [1.807, 2.05) is 0 Å². The summed E-state index contributed by atoms with van der Waals surface area (Å²) in [5.41, 5.74) is 0.573. The molecular formula is C14H17BrClNO2. The highest BCUT2D eigenvalue weighted by atomic mass is 79.9. The number of carbonyl (C=O) groups is 1. The van der Waals surface area contributed by atoms with E-state index in [0.717, 1.165) is 30.2 Å². The van der Waals surface area contributed by atoms with Gasteiger partial charge in [0.2, 0.25) is 0 Å². The number of hydrogen-bond donors (Lipinski definition) is 2. The first-order chi connectivity index (χ1) is 9.06. The van der Waals surface area contributed by atoms with Gasteiger partial charge in [0.25, 0.3) is 5.91 Å². The Hall–Kier alpha value is -0.580. The molecule has 0 unspecified atom stereocenters. The predicted octanol–water partition coefficient (Wildman–Crippen LogP) is 3.38. The summed E-state index contributed by atoms with van der Waals surface area (Å²) in [6.45, 7) is 0.666. The summed E-state index contributed by atoms with van der Waals surface area (Å²) >= 11 is 9.27. The summed E-state index contributed by atoms with van der Waals surface area (Å²) < 4.78 is 0.784. The van der Waals surface area contributed by atoms with Gasteiger partial charge in [-0.3, -0.25) is 4.79 Å². The lowest BCUT2D eigenvalue weighted by molar-refractivity contribution is 0.0910. The van der Waals surface area contributed by atoms with Crippen molar-refractivity contribution >= 4 is 33.4 Å². The third kappa shape index (κ3) is 4.20. The van der Waals surface area contributed by atoms with Crippen molar-refractivity contribution in [2.75, 3.05) is 6.54 Å². The van der Waals surface area contributed by atoms with Crippen LogP contribution in [0.4, 0.5) is 0 Å². The lowest BCUT2D eigenvalue weighted by Gasteiger charge is -2.25. The Morgan fingerprint density at radius 3 is 2.68 bits per heavy atom. The van der Waals surface area contributed by atoms with Gasteiger partial charge in [-0.05, 0) is 65.7 Å². The lowest BCUT2D eigenvalue weighted by Crippen LogP contribution is -2.32. The zero-order chi connectivity index (χ0) is 13.8. The van der Waals surface area contributed by atoms with Crippen LogP contribution in [0.1, 0.15) is 36.0 Å². The van der Waals surface area contributed by atoms with E-state index < -0.39 is 0 Å². The standard InChI is InChI=1S/C14H17BrClNO2/c15-12-6-3-10(7-13(12)16)14(19)17-8-9-1-4-11(18)5-2-9/h3,6-7,9,11,18H,1-2,4-5,8H2,(H,17,19). The second-order valence-corrected chi connectivity index (χ2v) is 6.27. The van der Waals surface area contributed by atoms with Crippen molar-refractivity contribution in [3.8, 4) is 0 Å². The lowest BCUT2D eigenvalue weighted by atomic mass is 9.87. The van der Waals surface area contributed by atoms with Crippen molar-refractivity contribution < 1.29 is 9.90 Å². The first-order valence-corrected chi connectivity index (χ1v) is 7.64. The van der Waals surface area contributed by atoms with Crippen molar-refractivity contribution in [2.24, 2.45) is 5.92 Å². The topological polar surface area (TPSA) is 49.3 Å². The molecule has 1 aromatic rings. The fraction of sp³-hybridized carbons (Fsp3) is 0.500. The van der Waals surface area contributed by atoms with Gasteiger partial charge in [-0.15, -0.1) is 0 Å². The average Bonchev–Trinajstić information content (AvgIpc) is 2.41. The van der Waals surface area contributed by atoms with E-state index in [9.17, 15) is 9.90 Å². The van der Waals surface area contributed by atoms with E-state index in [1.165, 1.54) is 0 Å². The average molecular weight is 347 g/mol. The molecule has 2 rings (SSSR count). The normalized spacial score (nSPS) is 23.1. The van der Waals surface area contributed by atoms with E-state index >= 15 is 0 Å². The van der Waals surface area contributed by atoms with Crippen molar-refractivity contribution in [3.63, 3.8) is 0 Å². The van der Waals surface area contributed by atoms with Crippen molar-refractivity contribution in [2.45, 2.75) is 31.8 Å². The minimum Gasteiger partial charge on any atom is -0.393 e. The number of halogens is 2. The largest absolute Gasteiger partial charge is 0.393 e. The number of hydrogen-bond acceptors (Lipinski definition) is 2. The van der Waals surface area contributed by atoms with Crippen molar-refractivity contribution in [1.82, 2.24) is 5.32 Å². The van der Waals surface area contributed by atoms with E-state index in [1.54, 1.807) is 18.2 Å². The molecule has 1 fully saturated rings. The van der Waals surface area contributed by atoms with Crippen molar-refractivity contribution in [3.05, 3.63) is 33.3 Å². The van der Waals surface area contributed by atoms with Gasteiger partial charge in [0, 0.05) is 16.6 Å². The van der Waals surface area contributed by atoms with Gasteiger partial charge < -0.3 is 10.4 Å². The monoisotopic (exact) mass is 345 g/mol. The maximum atomic E-state index is 12.0. The van der Waals surface area contributed by atoms with Crippen LogP contribution in [0.25, 0.3) is 0 Å². The fourth-order valence-corrected chi connectivity index (χ4v) is 2.75. The molecule has 0 heterocycles. The Labute approximate surface area is 126 Å². The van der Waals surface area contributed by atoms with Crippen LogP contribution in [0.2, 0.25) is 5.02 Å². The highest BCUT2D eigenvalue weighted by Crippen LogP contribution is 2.24. The van der Waals surface area contributed by atoms with E-state index in [-0.39, 0.29) is 12.0 Å². The molecule has 5 heteroatoms. The molecule has 0 aromatic heterocycles. The molecule has 0 aliphatic heterocycles. The molecule has 1 aliphatic carbocycles. The van der Waals surface area contributed by atoms with E-state index in [2.05, 4.69) is 21.2 Å². The number of aliphatic hydroxyl groups excluding tert-OH is 1. The Bertz CT molecular complexity index is 459. The van der Waals surface area contributed by atoms with Gasteiger partial charge in [-0.1, -0.05) is 11.6 Å². The predicted molar refractivity (Wildman–Crippen MR) is 79.5 cm³/mol. The smallest absolute Gasteiger partial charge is 0.251 e. The SMILES string of the molecule is O=C(NCC1CCC(O)CC1)c1ccc(Br)c(Cl)c1. The van der Waals surface area contributed by atoms with Crippen LogP contribution in [-0.4, -0.2) is 23.7 Å². The second-order valence-electron chi connectivity index (χ2n) is 5.01. The van der Waals surface area contributed by atoms with Crippen LogP contribution in [0.5, 0.6) is 0 Å². The summed E-state index contributed by atoms with van der Waals surface area (Å²) in [4.78, 5) is 12.0. The summed E-state index contributed by atoms with van der Waals surface area (Å²) in [5.74, 6) is 0.374. The second kappa shape index (κ2) is 6.73. The minimum atomic E-state index is -0.155. The molecule has 19 heavy (non-hydrogen) atoms. The van der Waals surface area contributed by atoms with Crippen molar-refractivity contribution in [1.29, 1.82) is 0 Å². The molecule has 0 saturated heterocycles. The Morgan fingerprint density at radius 1 is 1.37 bits per heavy atom.